The molecule has 1 aliphatic heterocycles. The Labute approximate surface area is 94.5 Å². The van der Waals surface area contributed by atoms with Gasteiger partial charge in [0.2, 0.25) is 0 Å². The molecule has 1 aliphatic rings. The zero-order chi connectivity index (χ0) is 11.5. The summed E-state index contributed by atoms with van der Waals surface area (Å²) in [7, 11) is -3.13. The van der Waals surface area contributed by atoms with Gasteiger partial charge in [-0.25, -0.2) is 8.42 Å². The molecule has 0 amide bonds. The van der Waals surface area contributed by atoms with Crippen molar-refractivity contribution in [3.8, 4) is 0 Å². The molecule has 0 aliphatic carbocycles. The van der Waals surface area contributed by atoms with Crippen molar-refractivity contribution in [2.45, 2.75) is 12.1 Å². The first-order valence-corrected chi connectivity index (χ1v) is 6.71. The standard InChI is InChI=1S/C8H14N2O3S2/c1-2-3-9-8(14)10-6-4-15(12,13)5-7(6)11/h2,6-7,11H,1,3-5H2,(H2,9,10,14). The molecule has 0 aromatic carbocycles. The molecule has 1 rings (SSSR count). The lowest BCUT2D eigenvalue weighted by Gasteiger charge is -2.17. The predicted molar refractivity (Wildman–Crippen MR) is 62.4 cm³/mol. The molecule has 0 saturated carbocycles. The number of hydrogen-bond donors (Lipinski definition) is 3. The molecule has 0 aromatic rings. The summed E-state index contributed by atoms with van der Waals surface area (Å²) in [4.78, 5) is 0. The summed E-state index contributed by atoms with van der Waals surface area (Å²) in [5.41, 5.74) is 0. The number of aliphatic hydroxyl groups is 1. The summed E-state index contributed by atoms with van der Waals surface area (Å²) in [5, 5.41) is 15.3. The van der Waals surface area contributed by atoms with Gasteiger partial charge in [0, 0.05) is 6.54 Å². The third-order valence-corrected chi connectivity index (χ3v) is 4.02. The largest absolute Gasteiger partial charge is 0.390 e. The maximum Gasteiger partial charge on any atom is 0.166 e. The summed E-state index contributed by atoms with van der Waals surface area (Å²) in [5.74, 6) is -0.279. The molecule has 2 unspecified atom stereocenters. The van der Waals surface area contributed by atoms with Gasteiger partial charge in [-0.3, -0.25) is 0 Å². The average molecular weight is 250 g/mol. The van der Waals surface area contributed by atoms with Crippen LogP contribution in [0.5, 0.6) is 0 Å². The zero-order valence-electron chi connectivity index (χ0n) is 8.14. The van der Waals surface area contributed by atoms with Crippen LogP contribution in [-0.2, 0) is 9.84 Å². The van der Waals surface area contributed by atoms with E-state index in [0.29, 0.717) is 11.7 Å². The van der Waals surface area contributed by atoms with Crippen LogP contribution in [0, 0.1) is 0 Å². The second kappa shape index (κ2) is 4.91. The van der Waals surface area contributed by atoms with Gasteiger partial charge in [-0.1, -0.05) is 6.08 Å². The van der Waals surface area contributed by atoms with Crippen molar-refractivity contribution in [1.29, 1.82) is 0 Å². The normalized spacial score (nSPS) is 28.3. The van der Waals surface area contributed by atoms with Crippen LogP contribution in [0.1, 0.15) is 0 Å². The van der Waals surface area contributed by atoms with E-state index in [1.807, 2.05) is 0 Å². The second-order valence-electron chi connectivity index (χ2n) is 3.39. The van der Waals surface area contributed by atoms with Crippen molar-refractivity contribution in [1.82, 2.24) is 10.6 Å². The van der Waals surface area contributed by atoms with Gasteiger partial charge in [-0.05, 0) is 12.2 Å². The summed E-state index contributed by atoms with van der Waals surface area (Å²) >= 11 is 4.91. The van der Waals surface area contributed by atoms with Gasteiger partial charge in [-0.2, -0.15) is 0 Å². The minimum Gasteiger partial charge on any atom is -0.390 e. The van der Waals surface area contributed by atoms with Crippen LogP contribution < -0.4 is 10.6 Å². The molecule has 86 valence electrons. The molecule has 0 spiro atoms. The molecule has 1 saturated heterocycles. The summed E-state index contributed by atoms with van der Waals surface area (Å²) < 4.78 is 22.3. The monoisotopic (exact) mass is 250 g/mol. The summed E-state index contributed by atoms with van der Waals surface area (Å²) in [6, 6.07) is -0.514. The molecule has 5 nitrogen and oxygen atoms in total. The van der Waals surface area contributed by atoms with Crippen molar-refractivity contribution in [3.05, 3.63) is 12.7 Å². The van der Waals surface area contributed by atoms with Gasteiger partial charge in [0.1, 0.15) is 0 Å². The van der Waals surface area contributed by atoms with Crippen LogP contribution in [-0.4, -0.2) is 48.8 Å². The Morgan fingerprint density at radius 3 is 2.73 bits per heavy atom. The van der Waals surface area contributed by atoms with E-state index in [4.69, 9.17) is 12.2 Å². The SMILES string of the molecule is C=CCNC(=S)NC1CS(=O)(=O)CC1O. The molecule has 7 heteroatoms. The van der Waals surface area contributed by atoms with Crippen LogP contribution >= 0.6 is 12.2 Å². The summed E-state index contributed by atoms with van der Waals surface area (Å²) in [6.45, 7) is 4.01. The smallest absolute Gasteiger partial charge is 0.166 e. The van der Waals surface area contributed by atoms with Gasteiger partial charge >= 0.3 is 0 Å². The van der Waals surface area contributed by atoms with E-state index in [0.717, 1.165) is 0 Å². The lowest BCUT2D eigenvalue weighted by molar-refractivity contribution is 0.175. The minimum absolute atomic E-state index is 0.0793. The fraction of sp³-hybridized carbons (Fsp3) is 0.625. The Bertz CT molecular complexity index is 353. The van der Waals surface area contributed by atoms with E-state index in [2.05, 4.69) is 17.2 Å². The quantitative estimate of drug-likeness (QED) is 0.431. The average Bonchev–Trinajstić information content (AvgIpc) is 2.36. The summed E-state index contributed by atoms with van der Waals surface area (Å²) in [6.07, 6.45) is 0.744. The highest BCUT2D eigenvalue weighted by Gasteiger charge is 2.36. The van der Waals surface area contributed by atoms with Crippen LogP contribution in [0.3, 0.4) is 0 Å². The number of sulfone groups is 1. The van der Waals surface area contributed by atoms with Gasteiger partial charge in [0.25, 0.3) is 0 Å². The molecule has 1 heterocycles. The maximum absolute atomic E-state index is 11.2. The third kappa shape index (κ3) is 3.77. The van der Waals surface area contributed by atoms with Crippen molar-refractivity contribution < 1.29 is 13.5 Å². The van der Waals surface area contributed by atoms with Gasteiger partial charge in [0.05, 0.1) is 23.7 Å². The molecule has 15 heavy (non-hydrogen) atoms. The molecule has 0 aromatic heterocycles. The lowest BCUT2D eigenvalue weighted by Crippen LogP contribution is -2.47. The molecule has 2 atom stereocenters. The van der Waals surface area contributed by atoms with Gasteiger partial charge in [-0.15, -0.1) is 6.58 Å². The molecular formula is C8H14N2O3S2. The molecule has 3 N–H and O–H groups in total. The van der Waals surface area contributed by atoms with E-state index in [9.17, 15) is 13.5 Å². The Morgan fingerprint density at radius 2 is 2.27 bits per heavy atom. The van der Waals surface area contributed by atoms with Crippen molar-refractivity contribution in [2.24, 2.45) is 0 Å². The minimum atomic E-state index is -3.13. The number of nitrogens with one attached hydrogen (secondary N) is 2. The maximum atomic E-state index is 11.2. The Kier molecular flexibility index (Phi) is 4.06. The fourth-order valence-electron chi connectivity index (χ4n) is 1.35. The number of thiocarbonyl (C=S) groups is 1. The van der Waals surface area contributed by atoms with Crippen LogP contribution in [0.15, 0.2) is 12.7 Å². The Hall–Kier alpha value is -0.660. The van der Waals surface area contributed by atoms with E-state index in [1.54, 1.807) is 6.08 Å². The first kappa shape index (κ1) is 12.4. The zero-order valence-corrected chi connectivity index (χ0v) is 9.77. The highest BCUT2D eigenvalue weighted by molar-refractivity contribution is 7.91. The topological polar surface area (TPSA) is 78.4 Å². The molecule has 1 fully saturated rings. The molecule has 0 radical (unpaired) electrons. The van der Waals surface area contributed by atoms with Gasteiger partial charge < -0.3 is 15.7 Å². The molecular weight excluding hydrogens is 236 g/mol. The number of hydrogen-bond acceptors (Lipinski definition) is 4. The van der Waals surface area contributed by atoms with Crippen molar-refractivity contribution in [3.63, 3.8) is 0 Å². The van der Waals surface area contributed by atoms with Crippen LogP contribution in [0.25, 0.3) is 0 Å². The van der Waals surface area contributed by atoms with E-state index in [1.165, 1.54) is 0 Å². The van der Waals surface area contributed by atoms with Crippen molar-refractivity contribution >= 4 is 27.2 Å². The van der Waals surface area contributed by atoms with E-state index >= 15 is 0 Å². The highest BCUT2D eigenvalue weighted by atomic mass is 32.2. The number of aliphatic hydroxyl groups excluding tert-OH is 1. The predicted octanol–water partition coefficient (Wildman–Crippen LogP) is -1.21. The van der Waals surface area contributed by atoms with Crippen LogP contribution in [0.4, 0.5) is 0 Å². The lowest BCUT2D eigenvalue weighted by atomic mass is 10.2. The Morgan fingerprint density at radius 1 is 1.60 bits per heavy atom. The first-order chi connectivity index (χ1) is 6.94. The fourth-order valence-corrected chi connectivity index (χ4v) is 3.33. The Balaban J connectivity index is 2.46. The van der Waals surface area contributed by atoms with Gasteiger partial charge in [0.15, 0.2) is 14.9 Å². The first-order valence-electron chi connectivity index (χ1n) is 4.48. The third-order valence-electron chi connectivity index (χ3n) is 2.05. The van der Waals surface area contributed by atoms with E-state index < -0.39 is 22.0 Å². The van der Waals surface area contributed by atoms with Crippen molar-refractivity contribution in [2.75, 3.05) is 18.1 Å². The van der Waals surface area contributed by atoms with Crippen LogP contribution in [0.2, 0.25) is 0 Å². The second-order valence-corrected chi connectivity index (χ2v) is 5.96. The van der Waals surface area contributed by atoms with E-state index in [-0.39, 0.29) is 11.5 Å². The highest BCUT2D eigenvalue weighted by Crippen LogP contribution is 2.12. The number of rotatable bonds is 3. The molecule has 0 bridgehead atoms.